The van der Waals surface area contributed by atoms with Crippen molar-refractivity contribution in [2.45, 2.75) is 19.3 Å². The number of hydrogen-bond donors (Lipinski definition) is 3. The zero-order chi connectivity index (χ0) is 16.4. The van der Waals surface area contributed by atoms with E-state index in [1.165, 1.54) is 12.1 Å². The summed E-state index contributed by atoms with van der Waals surface area (Å²) in [6.07, 6.45) is 3.48. The van der Waals surface area contributed by atoms with Gasteiger partial charge in [0.15, 0.2) is 0 Å². The van der Waals surface area contributed by atoms with Crippen molar-refractivity contribution in [2.75, 3.05) is 37.8 Å². The van der Waals surface area contributed by atoms with E-state index in [0.29, 0.717) is 5.75 Å². The van der Waals surface area contributed by atoms with E-state index >= 15 is 0 Å². The van der Waals surface area contributed by atoms with Gasteiger partial charge in [-0.05, 0) is 37.0 Å². The van der Waals surface area contributed by atoms with Crippen molar-refractivity contribution in [3.63, 3.8) is 0 Å². The Morgan fingerprint density at radius 2 is 1.59 bits per heavy atom. The minimum atomic E-state index is 0.702. The van der Waals surface area contributed by atoms with Gasteiger partial charge in [0, 0.05) is 50.0 Å². The molecule has 0 saturated carbocycles. The van der Waals surface area contributed by atoms with Crippen molar-refractivity contribution in [3.05, 3.63) is 48.7 Å². The van der Waals surface area contributed by atoms with Gasteiger partial charge in [-0.25, -0.2) is 0 Å². The van der Waals surface area contributed by atoms with Gasteiger partial charge < -0.3 is 15.5 Å². The van der Waals surface area contributed by atoms with Gasteiger partial charge in [-0.15, -0.1) is 0 Å². The van der Waals surface area contributed by atoms with E-state index in [9.17, 15) is 0 Å². The van der Waals surface area contributed by atoms with Crippen LogP contribution in [0.1, 0.15) is 24.8 Å². The number of benzene rings is 1. The Morgan fingerprint density at radius 3 is 2.14 bits per heavy atom. The molecule has 1 aromatic rings. The molecule has 0 atom stereocenters. The van der Waals surface area contributed by atoms with Crippen molar-refractivity contribution in [1.82, 2.24) is 10.6 Å². The molecule has 0 radical (unpaired) electrons. The third kappa shape index (κ3) is 6.94. The second kappa shape index (κ2) is 10.2. The molecule has 0 aliphatic carbocycles. The molecule has 0 spiro atoms. The maximum atomic E-state index is 4.16. The number of nitrogens with zero attached hydrogens (tertiary/aromatic N) is 1. The van der Waals surface area contributed by atoms with Gasteiger partial charge in [0.25, 0.3) is 0 Å². The Labute approximate surface area is 140 Å². The zero-order valence-corrected chi connectivity index (χ0v) is 14.8. The first-order valence-corrected chi connectivity index (χ1v) is 8.41. The van der Waals surface area contributed by atoms with Crippen molar-refractivity contribution in [2.24, 2.45) is 0 Å². The standard InChI is InChI=1S/C18H29N3S/c1-15(14-22)19-12-6-5-7-13-20-16(2)17-8-10-18(11-9-17)21(3)4/h8-11,19-20,22H,1-2,5-7,12-14H2,3-4H3. The molecule has 0 aromatic heterocycles. The van der Waals surface area contributed by atoms with E-state index in [-0.39, 0.29) is 0 Å². The second-order valence-corrected chi connectivity index (χ2v) is 5.91. The number of unbranched alkanes of at least 4 members (excludes halogenated alkanes) is 2. The van der Waals surface area contributed by atoms with Crippen LogP contribution in [0, 0.1) is 0 Å². The first-order valence-electron chi connectivity index (χ1n) is 7.77. The molecule has 0 saturated heterocycles. The fourth-order valence-corrected chi connectivity index (χ4v) is 2.16. The molecule has 122 valence electrons. The Kier molecular flexibility index (Phi) is 8.60. The van der Waals surface area contributed by atoms with Crippen LogP contribution in [0.25, 0.3) is 5.70 Å². The normalized spacial score (nSPS) is 10.1. The number of nitrogens with one attached hydrogen (secondary N) is 2. The SMILES string of the molecule is C=C(CS)NCCCCCNC(=C)c1ccc(N(C)C)cc1. The van der Waals surface area contributed by atoms with Gasteiger partial charge in [0.2, 0.25) is 0 Å². The first kappa shape index (κ1) is 18.5. The van der Waals surface area contributed by atoms with E-state index < -0.39 is 0 Å². The molecule has 1 rings (SSSR count). The lowest BCUT2D eigenvalue weighted by atomic mass is 10.1. The number of rotatable bonds is 11. The van der Waals surface area contributed by atoms with Crippen LogP contribution in [-0.2, 0) is 0 Å². The van der Waals surface area contributed by atoms with E-state index in [1.54, 1.807) is 0 Å². The molecule has 0 aliphatic heterocycles. The molecule has 0 amide bonds. The van der Waals surface area contributed by atoms with Gasteiger partial charge in [-0.1, -0.05) is 25.3 Å². The molecule has 2 N–H and O–H groups in total. The molecule has 0 bridgehead atoms. The minimum absolute atomic E-state index is 0.702. The van der Waals surface area contributed by atoms with E-state index in [4.69, 9.17) is 0 Å². The van der Waals surface area contributed by atoms with Gasteiger partial charge in [0.1, 0.15) is 0 Å². The third-order valence-corrected chi connectivity index (χ3v) is 3.87. The zero-order valence-electron chi connectivity index (χ0n) is 13.9. The van der Waals surface area contributed by atoms with Crippen molar-refractivity contribution in [3.8, 4) is 0 Å². The van der Waals surface area contributed by atoms with Crippen molar-refractivity contribution < 1.29 is 0 Å². The molecule has 0 aliphatic rings. The predicted molar refractivity (Wildman–Crippen MR) is 103 cm³/mol. The Bertz CT molecular complexity index is 466. The van der Waals surface area contributed by atoms with Crippen LogP contribution in [-0.4, -0.2) is 32.9 Å². The van der Waals surface area contributed by atoms with Crippen LogP contribution >= 0.6 is 12.6 Å². The van der Waals surface area contributed by atoms with Gasteiger partial charge in [-0.3, -0.25) is 0 Å². The molecule has 1 aromatic carbocycles. The van der Waals surface area contributed by atoms with E-state index in [2.05, 4.69) is 65.6 Å². The van der Waals surface area contributed by atoms with Gasteiger partial charge >= 0.3 is 0 Å². The monoisotopic (exact) mass is 319 g/mol. The second-order valence-electron chi connectivity index (χ2n) is 5.60. The summed E-state index contributed by atoms with van der Waals surface area (Å²) in [5.41, 5.74) is 4.34. The number of hydrogen-bond acceptors (Lipinski definition) is 4. The van der Waals surface area contributed by atoms with Crippen LogP contribution in [0.3, 0.4) is 0 Å². The first-order chi connectivity index (χ1) is 10.5. The van der Waals surface area contributed by atoms with Gasteiger partial charge in [-0.2, -0.15) is 12.6 Å². The molecule has 0 fully saturated rings. The summed E-state index contributed by atoms with van der Waals surface area (Å²) in [5, 5.41) is 6.66. The fraction of sp³-hybridized carbons (Fsp3) is 0.444. The lowest BCUT2D eigenvalue weighted by molar-refractivity contribution is 0.633. The summed E-state index contributed by atoms with van der Waals surface area (Å²) in [6, 6.07) is 8.44. The third-order valence-electron chi connectivity index (χ3n) is 3.49. The van der Waals surface area contributed by atoms with Crippen molar-refractivity contribution >= 4 is 24.0 Å². The van der Waals surface area contributed by atoms with E-state index in [0.717, 1.165) is 42.9 Å². The van der Waals surface area contributed by atoms with Gasteiger partial charge in [0.05, 0.1) is 0 Å². The molecule has 4 heteroatoms. The molecular weight excluding hydrogens is 290 g/mol. The summed E-state index contributed by atoms with van der Waals surface area (Å²) in [6.45, 7) is 9.92. The average Bonchev–Trinajstić information content (AvgIpc) is 2.53. The summed E-state index contributed by atoms with van der Waals surface area (Å²) in [5.74, 6) is 0.702. The number of thiol groups is 1. The number of anilines is 1. The van der Waals surface area contributed by atoms with Crippen LogP contribution in [0.4, 0.5) is 5.69 Å². The quantitative estimate of drug-likeness (QED) is 0.430. The Hall–Kier alpha value is -1.55. The Balaban J connectivity index is 2.16. The highest BCUT2D eigenvalue weighted by Gasteiger charge is 2.00. The summed E-state index contributed by atoms with van der Waals surface area (Å²) in [4.78, 5) is 2.09. The molecule has 0 unspecified atom stereocenters. The molecular formula is C18H29N3S. The fourth-order valence-electron chi connectivity index (χ4n) is 2.05. The molecule has 22 heavy (non-hydrogen) atoms. The van der Waals surface area contributed by atoms with Crippen LogP contribution in [0.2, 0.25) is 0 Å². The van der Waals surface area contributed by atoms with Crippen LogP contribution in [0.5, 0.6) is 0 Å². The van der Waals surface area contributed by atoms with Crippen LogP contribution in [0.15, 0.2) is 43.1 Å². The maximum absolute atomic E-state index is 4.16. The average molecular weight is 320 g/mol. The minimum Gasteiger partial charge on any atom is -0.388 e. The van der Waals surface area contributed by atoms with Crippen LogP contribution < -0.4 is 15.5 Å². The summed E-state index contributed by atoms with van der Waals surface area (Å²) in [7, 11) is 4.09. The molecule has 0 heterocycles. The molecule has 3 nitrogen and oxygen atoms in total. The van der Waals surface area contributed by atoms with E-state index in [1.807, 2.05) is 14.1 Å². The predicted octanol–water partition coefficient (Wildman–Crippen LogP) is 3.52. The summed E-state index contributed by atoms with van der Waals surface area (Å²) < 4.78 is 0. The largest absolute Gasteiger partial charge is 0.388 e. The lowest BCUT2D eigenvalue weighted by Gasteiger charge is -2.14. The highest BCUT2D eigenvalue weighted by Crippen LogP contribution is 2.16. The Morgan fingerprint density at radius 1 is 1.00 bits per heavy atom. The lowest BCUT2D eigenvalue weighted by Crippen LogP contribution is -2.16. The van der Waals surface area contributed by atoms with Crippen molar-refractivity contribution in [1.29, 1.82) is 0 Å². The maximum Gasteiger partial charge on any atom is 0.0361 e. The summed E-state index contributed by atoms with van der Waals surface area (Å²) >= 11 is 4.16. The highest BCUT2D eigenvalue weighted by atomic mass is 32.1. The smallest absolute Gasteiger partial charge is 0.0361 e. The topological polar surface area (TPSA) is 27.3 Å². The highest BCUT2D eigenvalue weighted by molar-refractivity contribution is 7.80.